The molecule has 0 saturated carbocycles. The highest BCUT2D eigenvalue weighted by Gasteiger charge is 2.30. The van der Waals surface area contributed by atoms with E-state index < -0.39 is 0 Å². The lowest BCUT2D eigenvalue weighted by Crippen LogP contribution is -2.27. The standard InChI is InChI=1S/C12H13BrClNO2/c1-7-9(4-5-17-7)12(16)15-8-2-3-10(13)11(14)6-8/h2-3,6-7,9H,4-5H2,1H3,(H,15,16). The SMILES string of the molecule is CC1OCCC1C(=O)Nc1ccc(Br)c(Cl)c1. The molecule has 1 aromatic carbocycles. The molecular weight excluding hydrogens is 305 g/mol. The zero-order valence-corrected chi connectivity index (χ0v) is 11.7. The summed E-state index contributed by atoms with van der Waals surface area (Å²) in [5, 5.41) is 3.44. The topological polar surface area (TPSA) is 38.3 Å². The lowest BCUT2D eigenvalue weighted by atomic mass is 10.0. The van der Waals surface area contributed by atoms with Gasteiger partial charge in [0.25, 0.3) is 0 Å². The van der Waals surface area contributed by atoms with Crippen LogP contribution in [0.25, 0.3) is 0 Å². The largest absolute Gasteiger partial charge is 0.378 e. The third kappa shape index (κ3) is 3.00. The molecule has 3 nitrogen and oxygen atoms in total. The molecule has 1 aliphatic rings. The van der Waals surface area contributed by atoms with Crippen LogP contribution in [-0.2, 0) is 9.53 Å². The first-order valence-corrected chi connectivity index (χ1v) is 6.62. The molecule has 1 heterocycles. The van der Waals surface area contributed by atoms with Gasteiger partial charge in [-0.25, -0.2) is 0 Å². The van der Waals surface area contributed by atoms with Gasteiger partial charge in [-0.1, -0.05) is 11.6 Å². The quantitative estimate of drug-likeness (QED) is 0.907. The first-order valence-electron chi connectivity index (χ1n) is 5.45. The maximum absolute atomic E-state index is 12.0. The summed E-state index contributed by atoms with van der Waals surface area (Å²) in [6.07, 6.45) is 0.762. The van der Waals surface area contributed by atoms with Gasteiger partial charge in [0.15, 0.2) is 0 Å². The molecule has 92 valence electrons. The summed E-state index contributed by atoms with van der Waals surface area (Å²) in [5.74, 6) is -0.0780. The van der Waals surface area contributed by atoms with E-state index in [1.807, 2.05) is 19.1 Å². The predicted octanol–water partition coefficient (Wildman–Crippen LogP) is 3.47. The monoisotopic (exact) mass is 317 g/mol. The third-order valence-electron chi connectivity index (χ3n) is 2.90. The summed E-state index contributed by atoms with van der Waals surface area (Å²) in [7, 11) is 0. The Kier molecular flexibility index (Phi) is 4.07. The summed E-state index contributed by atoms with van der Waals surface area (Å²) in [5.41, 5.74) is 0.710. The molecule has 5 heteroatoms. The van der Waals surface area contributed by atoms with Gasteiger partial charge in [0.05, 0.1) is 17.0 Å². The Morgan fingerprint density at radius 2 is 2.35 bits per heavy atom. The van der Waals surface area contributed by atoms with Crippen molar-refractivity contribution in [3.63, 3.8) is 0 Å². The molecule has 1 N–H and O–H groups in total. The van der Waals surface area contributed by atoms with E-state index in [0.717, 1.165) is 10.9 Å². The fraction of sp³-hybridized carbons (Fsp3) is 0.417. The minimum Gasteiger partial charge on any atom is -0.378 e. The van der Waals surface area contributed by atoms with E-state index in [-0.39, 0.29) is 17.9 Å². The third-order valence-corrected chi connectivity index (χ3v) is 4.13. The Balaban J connectivity index is 2.05. The highest BCUT2D eigenvalue weighted by atomic mass is 79.9. The maximum atomic E-state index is 12.0. The van der Waals surface area contributed by atoms with Gasteiger partial charge >= 0.3 is 0 Å². The number of carbonyl (C=O) groups excluding carboxylic acids is 1. The van der Waals surface area contributed by atoms with Gasteiger partial charge in [0, 0.05) is 16.8 Å². The van der Waals surface area contributed by atoms with Gasteiger partial charge in [-0.05, 0) is 47.5 Å². The number of ether oxygens (including phenoxy) is 1. The molecule has 0 radical (unpaired) electrons. The lowest BCUT2D eigenvalue weighted by Gasteiger charge is -2.14. The van der Waals surface area contributed by atoms with Crippen molar-refractivity contribution in [3.8, 4) is 0 Å². The molecule has 2 unspecified atom stereocenters. The Bertz CT molecular complexity index is 439. The fourth-order valence-electron chi connectivity index (χ4n) is 1.88. The van der Waals surface area contributed by atoms with Gasteiger partial charge in [0.2, 0.25) is 5.91 Å². The van der Waals surface area contributed by atoms with Crippen LogP contribution in [0.15, 0.2) is 22.7 Å². The number of hydrogen-bond donors (Lipinski definition) is 1. The highest BCUT2D eigenvalue weighted by molar-refractivity contribution is 9.10. The van der Waals surface area contributed by atoms with Crippen LogP contribution in [-0.4, -0.2) is 18.6 Å². The number of rotatable bonds is 2. The minimum absolute atomic E-state index is 0.00612. The Hall–Kier alpha value is -0.580. The summed E-state index contributed by atoms with van der Waals surface area (Å²) >= 11 is 9.27. The molecule has 1 aliphatic heterocycles. The number of benzene rings is 1. The van der Waals surface area contributed by atoms with Gasteiger partial charge in [-0.2, -0.15) is 0 Å². The number of nitrogens with one attached hydrogen (secondary N) is 1. The average Bonchev–Trinajstić information content (AvgIpc) is 2.70. The van der Waals surface area contributed by atoms with E-state index in [2.05, 4.69) is 21.2 Å². The summed E-state index contributed by atoms with van der Waals surface area (Å²) < 4.78 is 6.19. The van der Waals surface area contributed by atoms with E-state index in [1.54, 1.807) is 6.07 Å². The van der Waals surface area contributed by atoms with Gasteiger partial charge in [0.1, 0.15) is 0 Å². The minimum atomic E-state index is -0.0718. The van der Waals surface area contributed by atoms with E-state index >= 15 is 0 Å². The fourth-order valence-corrected chi connectivity index (χ4v) is 2.31. The van der Waals surface area contributed by atoms with Crippen molar-refractivity contribution in [1.29, 1.82) is 0 Å². The predicted molar refractivity (Wildman–Crippen MR) is 71.3 cm³/mol. The number of amides is 1. The van der Waals surface area contributed by atoms with E-state index in [9.17, 15) is 4.79 Å². The highest BCUT2D eigenvalue weighted by Crippen LogP contribution is 2.27. The van der Waals surface area contributed by atoms with E-state index in [4.69, 9.17) is 16.3 Å². The van der Waals surface area contributed by atoms with Gasteiger partial charge in [-0.3, -0.25) is 4.79 Å². The van der Waals surface area contributed by atoms with Crippen molar-refractivity contribution in [3.05, 3.63) is 27.7 Å². The number of carbonyl (C=O) groups is 1. The molecule has 1 aromatic rings. The van der Waals surface area contributed by atoms with Crippen LogP contribution in [0.1, 0.15) is 13.3 Å². The van der Waals surface area contributed by atoms with Crippen LogP contribution in [0, 0.1) is 5.92 Å². The Morgan fingerprint density at radius 3 is 2.94 bits per heavy atom. The van der Waals surface area contributed by atoms with Gasteiger partial charge < -0.3 is 10.1 Å². The van der Waals surface area contributed by atoms with Crippen molar-refractivity contribution in [2.45, 2.75) is 19.4 Å². The summed E-state index contributed by atoms with van der Waals surface area (Å²) in [6.45, 7) is 2.58. The second-order valence-electron chi connectivity index (χ2n) is 4.09. The van der Waals surface area contributed by atoms with Crippen LogP contribution in [0.4, 0.5) is 5.69 Å². The molecule has 0 aliphatic carbocycles. The molecule has 2 rings (SSSR count). The van der Waals surface area contributed by atoms with Crippen LogP contribution in [0.2, 0.25) is 5.02 Å². The van der Waals surface area contributed by atoms with Crippen molar-refractivity contribution in [2.75, 3.05) is 11.9 Å². The second kappa shape index (κ2) is 5.38. The molecule has 0 bridgehead atoms. The molecule has 1 fully saturated rings. The summed E-state index contributed by atoms with van der Waals surface area (Å²) in [4.78, 5) is 12.0. The van der Waals surface area contributed by atoms with Crippen molar-refractivity contribution in [1.82, 2.24) is 0 Å². The first kappa shape index (κ1) is 12.9. The molecule has 1 amide bonds. The number of halogens is 2. The molecule has 2 atom stereocenters. The van der Waals surface area contributed by atoms with Crippen molar-refractivity contribution < 1.29 is 9.53 Å². The lowest BCUT2D eigenvalue weighted by molar-refractivity contribution is -0.121. The molecule has 1 saturated heterocycles. The summed E-state index contributed by atoms with van der Waals surface area (Å²) in [6, 6.07) is 5.35. The molecular formula is C12H13BrClNO2. The molecule has 0 spiro atoms. The molecule has 17 heavy (non-hydrogen) atoms. The maximum Gasteiger partial charge on any atom is 0.230 e. The van der Waals surface area contributed by atoms with E-state index in [0.29, 0.717) is 17.3 Å². The van der Waals surface area contributed by atoms with E-state index in [1.165, 1.54) is 0 Å². The van der Waals surface area contributed by atoms with Crippen LogP contribution >= 0.6 is 27.5 Å². The van der Waals surface area contributed by atoms with Crippen LogP contribution in [0.3, 0.4) is 0 Å². The number of hydrogen-bond acceptors (Lipinski definition) is 2. The molecule has 0 aromatic heterocycles. The van der Waals surface area contributed by atoms with Crippen molar-refractivity contribution >= 4 is 39.1 Å². The van der Waals surface area contributed by atoms with Crippen molar-refractivity contribution in [2.24, 2.45) is 5.92 Å². The van der Waals surface area contributed by atoms with Crippen LogP contribution < -0.4 is 5.32 Å². The normalized spacial score (nSPS) is 23.7. The smallest absolute Gasteiger partial charge is 0.230 e. The second-order valence-corrected chi connectivity index (χ2v) is 5.35. The average molecular weight is 319 g/mol. The zero-order chi connectivity index (χ0) is 12.4. The number of anilines is 1. The Labute approximate surface area is 114 Å². The zero-order valence-electron chi connectivity index (χ0n) is 9.37. The Morgan fingerprint density at radius 1 is 1.59 bits per heavy atom. The van der Waals surface area contributed by atoms with Crippen LogP contribution in [0.5, 0.6) is 0 Å². The van der Waals surface area contributed by atoms with Gasteiger partial charge in [-0.15, -0.1) is 0 Å². The first-order chi connectivity index (χ1) is 8.08.